The van der Waals surface area contributed by atoms with Crippen molar-refractivity contribution in [3.63, 3.8) is 0 Å². The molecule has 0 bridgehead atoms. The second-order valence-corrected chi connectivity index (χ2v) is 7.15. The molecule has 2 heterocycles. The van der Waals surface area contributed by atoms with E-state index in [1.54, 1.807) is 30.1 Å². The van der Waals surface area contributed by atoms with Crippen molar-refractivity contribution in [2.45, 2.75) is 38.6 Å². The molecule has 2 amide bonds. The van der Waals surface area contributed by atoms with Crippen molar-refractivity contribution in [3.05, 3.63) is 35.6 Å². The molecule has 2 saturated heterocycles. The summed E-state index contributed by atoms with van der Waals surface area (Å²) in [5, 5.41) is 0. The van der Waals surface area contributed by atoms with E-state index < -0.39 is 6.04 Å². The number of likely N-dealkylation sites (tertiary alicyclic amines) is 2. The van der Waals surface area contributed by atoms with Crippen molar-refractivity contribution >= 4 is 11.8 Å². The molecule has 0 N–H and O–H groups in total. The Morgan fingerprint density at radius 3 is 2.71 bits per heavy atom. The van der Waals surface area contributed by atoms with Gasteiger partial charge in [-0.15, -0.1) is 0 Å². The van der Waals surface area contributed by atoms with Crippen molar-refractivity contribution in [1.82, 2.24) is 9.80 Å². The maximum Gasteiger partial charge on any atom is 0.228 e. The summed E-state index contributed by atoms with van der Waals surface area (Å²) in [6.07, 6.45) is 3.00. The summed E-state index contributed by atoms with van der Waals surface area (Å²) in [6.45, 7) is 3.68. The Balaban J connectivity index is 1.90. The molecule has 130 valence electrons. The monoisotopic (exact) mass is 332 g/mol. The van der Waals surface area contributed by atoms with Crippen molar-refractivity contribution in [2.24, 2.45) is 11.8 Å². The highest BCUT2D eigenvalue weighted by molar-refractivity contribution is 5.85. The number of nitrogens with zero attached hydrogens (tertiary/aromatic N) is 2. The average Bonchev–Trinajstić information content (AvgIpc) is 2.57. The molecule has 0 aliphatic carbocycles. The number of hydrogen-bond acceptors (Lipinski definition) is 2. The van der Waals surface area contributed by atoms with Crippen LogP contribution in [-0.4, -0.2) is 41.8 Å². The number of piperidine rings is 2. The van der Waals surface area contributed by atoms with Gasteiger partial charge in [0.2, 0.25) is 11.8 Å². The molecule has 4 nitrogen and oxygen atoms in total. The molecule has 0 unspecified atom stereocenters. The molecule has 0 saturated carbocycles. The quantitative estimate of drug-likeness (QED) is 0.835. The predicted molar refractivity (Wildman–Crippen MR) is 89.6 cm³/mol. The fraction of sp³-hybridized carbons (Fsp3) is 0.579. The van der Waals surface area contributed by atoms with Crippen LogP contribution >= 0.6 is 0 Å². The molecule has 1 aromatic carbocycles. The van der Waals surface area contributed by atoms with Crippen molar-refractivity contribution in [1.29, 1.82) is 0 Å². The highest BCUT2D eigenvalue weighted by atomic mass is 19.1. The van der Waals surface area contributed by atoms with Gasteiger partial charge in [-0.25, -0.2) is 4.39 Å². The first-order chi connectivity index (χ1) is 11.5. The van der Waals surface area contributed by atoms with E-state index in [4.69, 9.17) is 0 Å². The minimum Gasteiger partial charge on any atom is -0.342 e. The first kappa shape index (κ1) is 16.9. The van der Waals surface area contributed by atoms with E-state index in [1.165, 1.54) is 6.07 Å². The van der Waals surface area contributed by atoms with Gasteiger partial charge in [-0.3, -0.25) is 9.59 Å². The van der Waals surface area contributed by atoms with Crippen LogP contribution in [0.1, 0.15) is 44.2 Å². The minimum absolute atomic E-state index is 0.0284. The molecule has 0 aromatic heterocycles. The van der Waals surface area contributed by atoms with Crippen LogP contribution in [0.25, 0.3) is 0 Å². The third kappa shape index (κ3) is 3.17. The number of carbonyl (C=O) groups is 2. The fourth-order valence-corrected chi connectivity index (χ4v) is 4.06. The first-order valence-corrected chi connectivity index (χ1v) is 8.78. The molecule has 2 aliphatic rings. The van der Waals surface area contributed by atoms with Crippen LogP contribution < -0.4 is 0 Å². The van der Waals surface area contributed by atoms with Gasteiger partial charge in [0.05, 0.1) is 12.0 Å². The molecular formula is C19H25FN2O2. The molecule has 3 atom stereocenters. The molecule has 3 rings (SSSR count). The van der Waals surface area contributed by atoms with Gasteiger partial charge < -0.3 is 9.80 Å². The Bertz CT molecular complexity index is 634. The van der Waals surface area contributed by atoms with Gasteiger partial charge in [0.25, 0.3) is 0 Å². The number of benzene rings is 1. The van der Waals surface area contributed by atoms with Gasteiger partial charge >= 0.3 is 0 Å². The third-order valence-electron chi connectivity index (χ3n) is 5.37. The second kappa shape index (κ2) is 6.91. The first-order valence-electron chi connectivity index (χ1n) is 8.78. The van der Waals surface area contributed by atoms with Crippen LogP contribution in [0.15, 0.2) is 24.3 Å². The normalized spacial score (nSPS) is 28.1. The summed E-state index contributed by atoms with van der Waals surface area (Å²) in [5.74, 6) is -0.185. The number of carbonyl (C=O) groups excluding carboxylic acids is 2. The predicted octanol–water partition coefficient (Wildman–Crippen LogP) is 2.99. The lowest BCUT2D eigenvalue weighted by Gasteiger charge is -2.42. The average molecular weight is 332 g/mol. The van der Waals surface area contributed by atoms with Crippen LogP contribution in [0.2, 0.25) is 0 Å². The molecule has 1 aromatic rings. The summed E-state index contributed by atoms with van der Waals surface area (Å²) in [6, 6.07) is 5.96. The topological polar surface area (TPSA) is 40.6 Å². The van der Waals surface area contributed by atoms with Crippen LogP contribution in [0.4, 0.5) is 4.39 Å². The highest BCUT2D eigenvalue weighted by Crippen LogP contribution is 2.38. The smallest absolute Gasteiger partial charge is 0.228 e. The Morgan fingerprint density at radius 2 is 2.00 bits per heavy atom. The molecule has 24 heavy (non-hydrogen) atoms. The Labute approximate surface area is 142 Å². The highest BCUT2D eigenvalue weighted by Gasteiger charge is 2.42. The summed E-state index contributed by atoms with van der Waals surface area (Å²) < 4.78 is 14.4. The van der Waals surface area contributed by atoms with Gasteiger partial charge in [-0.05, 0) is 31.2 Å². The van der Waals surface area contributed by atoms with Gasteiger partial charge in [-0.2, -0.15) is 0 Å². The lowest BCUT2D eigenvalue weighted by atomic mass is 9.82. The molecule has 2 fully saturated rings. The van der Waals surface area contributed by atoms with Crippen molar-refractivity contribution in [3.8, 4) is 0 Å². The molecular weight excluding hydrogens is 307 g/mol. The Morgan fingerprint density at radius 1 is 1.25 bits per heavy atom. The van der Waals surface area contributed by atoms with Crippen molar-refractivity contribution < 1.29 is 14.0 Å². The fourth-order valence-electron chi connectivity index (χ4n) is 4.06. The summed E-state index contributed by atoms with van der Waals surface area (Å²) in [7, 11) is 1.68. The maximum absolute atomic E-state index is 14.4. The van der Waals surface area contributed by atoms with E-state index in [9.17, 15) is 14.0 Å². The minimum atomic E-state index is -0.516. The van der Waals surface area contributed by atoms with E-state index in [-0.39, 0.29) is 23.5 Å². The lowest BCUT2D eigenvalue weighted by Crippen LogP contribution is -2.49. The zero-order valence-electron chi connectivity index (χ0n) is 14.4. The van der Waals surface area contributed by atoms with Gasteiger partial charge in [-0.1, -0.05) is 25.1 Å². The van der Waals surface area contributed by atoms with E-state index >= 15 is 0 Å². The van der Waals surface area contributed by atoms with Crippen LogP contribution in [-0.2, 0) is 9.59 Å². The van der Waals surface area contributed by atoms with E-state index in [1.807, 2.05) is 4.90 Å². The van der Waals surface area contributed by atoms with E-state index in [2.05, 4.69) is 6.92 Å². The molecule has 0 spiro atoms. The number of rotatable bonds is 2. The number of hydrogen-bond donors (Lipinski definition) is 0. The SMILES string of the molecule is C[C@@H]1CCCN(C(=O)[C@H]2CCC(=O)N(C)[C@@H]2c2ccccc2F)C1. The largest absolute Gasteiger partial charge is 0.342 e. The van der Waals surface area contributed by atoms with Gasteiger partial charge in [0, 0.05) is 32.1 Å². The molecule has 5 heteroatoms. The number of amides is 2. The summed E-state index contributed by atoms with van der Waals surface area (Å²) >= 11 is 0. The zero-order valence-corrected chi connectivity index (χ0v) is 14.4. The van der Waals surface area contributed by atoms with Gasteiger partial charge in [0.15, 0.2) is 0 Å². The van der Waals surface area contributed by atoms with E-state index in [0.29, 0.717) is 24.3 Å². The van der Waals surface area contributed by atoms with E-state index in [0.717, 1.165) is 25.9 Å². The van der Waals surface area contributed by atoms with Crippen LogP contribution in [0.5, 0.6) is 0 Å². The van der Waals surface area contributed by atoms with Gasteiger partial charge in [0.1, 0.15) is 5.82 Å². The third-order valence-corrected chi connectivity index (χ3v) is 5.37. The lowest BCUT2D eigenvalue weighted by molar-refractivity contribution is -0.147. The molecule has 2 aliphatic heterocycles. The van der Waals surface area contributed by atoms with Crippen LogP contribution in [0.3, 0.4) is 0 Å². The Kier molecular flexibility index (Phi) is 4.88. The standard InChI is InChI=1S/C19H25FN2O2/c1-13-6-5-11-22(12-13)19(24)15-9-10-17(23)21(2)18(15)14-7-3-4-8-16(14)20/h3-4,7-8,13,15,18H,5-6,9-12H2,1-2H3/t13-,15+,18-/m1/s1. The van der Waals surface area contributed by atoms with Crippen LogP contribution in [0, 0.1) is 17.7 Å². The zero-order chi connectivity index (χ0) is 17.3. The second-order valence-electron chi connectivity index (χ2n) is 7.15. The Hall–Kier alpha value is -1.91. The summed E-state index contributed by atoms with van der Waals surface area (Å²) in [5.41, 5.74) is 0.441. The summed E-state index contributed by atoms with van der Waals surface area (Å²) in [4.78, 5) is 28.7. The number of halogens is 1. The maximum atomic E-state index is 14.4. The van der Waals surface area contributed by atoms with Crippen molar-refractivity contribution in [2.75, 3.05) is 20.1 Å². The molecule has 0 radical (unpaired) electrons.